The molecule has 0 radical (unpaired) electrons. The summed E-state index contributed by atoms with van der Waals surface area (Å²) in [6.45, 7) is 0. The molecule has 1 aromatic heterocycles. The van der Waals surface area contributed by atoms with Gasteiger partial charge in [-0.3, -0.25) is 19.7 Å². The minimum absolute atomic E-state index is 0.197. The number of thiocarbonyl (C=S) groups is 1. The first-order valence-corrected chi connectivity index (χ1v) is 9.54. The van der Waals surface area contributed by atoms with Crippen molar-refractivity contribution in [2.24, 2.45) is 0 Å². The van der Waals surface area contributed by atoms with Crippen LogP contribution in [0.3, 0.4) is 0 Å². The molecule has 8 heteroatoms. The van der Waals surface area contributed by atoms with E-state index in [1.807, 2.05) is 24.3 Å². The SMILES string of the molecule is COc1ccc(N2C(=O)/C(=C\c3ccc4nccnc4c3)SC2=S)c(OC)c1. The maximum absolute atomic E-state index is 13.0. The number of anilines is 1. The van der Waals surface area contributed by atoms with Gasteiger partial charge in [0.15, 0.2) is 4.32 Å². The summed E-state index contributed by atoms with van der Waals surface area (Å²) >= 11 is 6.71. The number of hydrogen-bond donors (Lipinski definition) is 0. The molecule has 4 rings (SSSR count). The van der Waals surface area contributed by atoms with Gasteiger partial charge < -0.3 is 9.47 Å². The molecule has 0 spiro atoms. The summed E-state index contributed by atoms with van der Waals surface area (Å²) in [5, 5.41) is 0. The molecule has 0 aliphatic carbocycles. The van der Waals surface area contributed by atoms with Crippen molar-refractivity contribution in [1.82, 2.24) is 9.97 Å². The Bertz CT molecular complexity index is 1130. The van der Waals surface area contributed by atoms with Crippen LogP contribution in [0.1, 0.15) is 5.56 Å². The molecule has 0 bridgehead atoms. The average Bonchev–Trinajstić information content (AvgIpc) is 3.00. The first-order chi connectivity index (χ1) is 13.6. The van der Waals surface area contributed by atoms with E-state index in [0.717, 1.165) is 16.6 Å². The van der Waals surface area contributed by atoms with E-state index in [1.165, 1.54) is 16.7 Å². The zero-order valence-electron chi connectivity index (χ0n) is 15.1. The summed E-state index contributed by atoms with van der Waals surface area (Å²) in [6, 6.07) is 10.9. The van der Waals surface area contributed by atoms with Crippen LogP contribution in [0.4, 0.5) is 5.69 Å². The first kappa shape index (κ1) is 18.4. The summed E-state index contributed by atoms with van der Waals surface area (Å²) in [4.78, 5) is 23.6. The van der Waals surface area contributed by atoms with E-state index < -0.39 is 0 Å². The van der Waals surface area contributed by atoms with Crippen molar-refractivity contribution in [1.29, 1.82) is 0 Å². The molecule has 0 atom stereocenters. The molecule has 0 saturated carbocycles. The molecule has 140 valence electrons. The number of benzene rings is 2. The summed E-state index contributed by atoms with van der Waals surface area (Å²) in [7, 11) is 3.12. The van der Waals surface area contributed by atoms with Crippen LogP contribution in [0, 0.1) is 0 Å². The van der Waals surface area contributed by atoms with Gasteiger partial charge in [0, 0.05) is 18.5 Å². The minimum Gasteiger partial charge on any atom is -0.497 e. The van der Waals surface area contributed by atoms with Gasteiger partial charge in [0.1, 0.15) is 11.5 Å². The lowest BCUT2D eigenvalue weighted by Crippen LogP contribution is -2.27. The summed E-state index contributed by atoms with van der Waals surface area (Å²) < 4.78 is 11.1. The second-order valence-corrected chi connectivity index (χ2v) is 7.54. The molecule has 1 amide bonds. The fraction of sp³-hybridized carbons (Fsp3) is 0.100. The normalized spacial score (nSPS) is 15.5. The Morgan fingerprint density at radius 1 is 1.04 bits per heavy atom. The lowest BCUT2D eigenvalue weighted by Gasteiger charge is -2.18. The van der Waals surface area contributed by atoms with Gasteiger partial charge in [-0.25, -0.2) is 0 Å². The Labute approximate surface area is 171 Å². The van der Waals surface area contributed by atoms with Crippen LogP contribution in [-0.2, 0) is 4.79 Å². The molecular formula is C20H15N3O3S2. The Kier molecular flexibility index (Phi) is 4.97. The molecular weight excluding hydrogens is 394 g/mol. The molecule has 1 aliphatic rings. The minimum atomic E-state index is -0.197. The number of aromatic nitrogens is 2. The third-order valence-corrected chi connectivity index (χ3v) is 5.51. The standard InChI is InChI=1S/C20H15N3O3S2/c1-25-13-4-6-16(17(11-13)26-2)23-19(24)18(28-20(23)27)10-12-3-5-14-15(9-12)22-8-7-21-14/h3-11H,1-2H3/b18-10+. The molecule has 0 N–H and O–H groups in total. The third-order valence-electron chi connectivity index (χ3n) is 4.21. The molecule has 6 nitrogen and oxygen atoms in total. The fourth-order valence-corrected chi connectivity index (χ4v) is 4.15. The van der Waals surface area contributed by atoms with Crippen LogP contribution in [0.2, 0.25) is 0 Å². The van der Waals surface area contributed by atoms with E-state index in [-0.39, 0.29) is 5.91 Å². The number of nitrogens with zero attached hydrogens (tertiary/aromatic N) is 3. The number of hydrogen-bond acceptors (Lipinski definition) is 7. The predicted octanol–water partition coefficient (Wildman–Crippen LogP) is 4.05. The summed E-state index contributed by atoms with van der Waals surface area (Å²) in [5.41, 5.74) is 3.01. The van der Waals surface area contributed by atoms with E-state index in [1.54, 1.807) is 44.8 Å². The van der Waals surface area contributed by atoms with Gasteiger partial charge in [-0.2, -0.15) is 0 Å². The second-order valence-electron chi connectivity index (χ2n) is 5.86. The highest BCUT2D eigenvalue weighted by molar-refractivity contribution is 8.27. The largest absolute Gasteiger partial charge is 0.497 e. The predicted molar refractivity (Wildman–Crippen MR) is 115 cm³/mol. The molecule has 28 heavy (non-hydrogen) atoms. The zero-order valence-corrected chi connectivity index (χ0v) is 16.7. The lowest BCUT2D eigenvalue weighted by atomic mass is 10.1. The number of fused-ring (bicyclic) bond motifs is 1. The Hall–Kier alpha value is -2.97. The number of ether oxygens (including phenoxy) is 2. The van der Waals surface area contributed by atoms with E-state index in [9.17, 15) is 4.79 Å². The number of amides is 1. The van der Waals surface area contributed by atoms with Gasteiger partial charge in [0.2, 0.25) is 0 Å². The average molecular weight is 409 g/mol. The van der Waals surface area contributed by atoms with Crippen molar-refractivity contribution >= 4 is 57.0 Å². The van der Waals surface area contributed by atoms with Crippen LogP contribution in [0.5, 0.6) is 11.5 Å². The van der Waals surface area contributed by atoms with Gasteiger partial charge in [0.05, 0.1) is 35.8 Å². The number of carbonyl (C=O) groups is 1. The molecule has 3 aromatic rings. The molecule has 1 saturated heterocycles. The van der Waals surface area contributed by atoms with E-state index in [2.05, 4.69) is 9.97 Å². The number of rotatable bonds is 4. The van der Waals surface area contributed by atoms with Crippen molar-refractivity contribution in [3.8, 4) is 11.5 Å². The van der Waals surface area contributed by atoms with Gasteiger partial charge in [-0.15, -0.1) is 0 Å². The fourth-order valence-electron chi connectivity index (χ4n) is 2.87. The molecule has 2 aromatic carbocycles. The van der Waals surface area contributed by atoms with Crippen LogP contribution in [-0.4, -0.2) is 34.4 Å². The monoisotopic (exact) mass is 409 g/mol. The van der Waals surface area contributed by atoms with Crippen LogP contribution in [0.15, 0.2) is 53.7 Å². The molecule has 1 aliphatic heterocycles. The molecule has 0 unspecified atom stereocenters. The van der Waals surface area contributed by atoms with Crippen molar-refractivity contribution in [3.63, 3.8) is 0 Å². The number of thioether (sulfide) groups is 1. The highest BCUT2D eigenvalue weighted by atomic mass is 32.2. The van der Waals surface area contributed by atoms with Gasteiger partial charge >= 0.3 is 0 Å². The van der Waals surface area contributed by atoms with Crippen molar-refractivity contribution < 1.29 is 14.3 Å². The number of methoxy groups -OCH3 is 2. The lowest BCUT2D eigenvalue weighted by molar-refractivity contribution is -0.113. The van der Waals surface area contributed by atoms with E-state index >= 15 is 0 Å². The summed E-state index contributed by atoms with van der Waals surface area (Å²) in [6.07, 6.45) is 5.10. The quantitative estimate of drug-likeness (QED) is 0.476. The molecule has 1 fully saturated rings. The van der Waals surface area contributed by atoms with Crippen LogP contribution in [0.25, 0.3) is 17.1 Å². The number of carbonyl (C=O) groups excluding carboxylic acids is 1. The highest BCUT2D eigenvalue weighted by Crippen LogP contribution is 2.41. The van der Waals surface area contributed by atoms with Gasteiger partial charge in [-0.05, 0) is 35.9 Å². The zero-order chi connectivity index (χ0) is 19.7. The van der Waals surface area contributed by atoms with Gasteiger partial charge in [-0.1, -0.05) is 30.0 Å². The van der Waals surface area contributed by atoms with Crippen molar-refractivity contribution in [2.45, 2.75) is 0 Å². The first-order valence-electron chi connectivity index (χ1n) is 8.31. The Balaban J connectivity index is 1.69. The Morgan fingerprint density at radius 3 is 2.57 bits per heavy atom. The van der Waals surface area contributed by atoms with Crippen molar-refractivity contribution in [2.75, 3.05) is 19.1 Å². The van der Waals surface area contributed by atoms with E-state index in [0.29, 0.717) is 26.4 Å². The molecule has 2 heterocycles. The van der Waals surface area contributed by atoms with Crippen LogP contribution < -0.4 is 14.4 Å². The Morgan fingerprint density at radius 2 is 1.82 bits per heavy atom. The maximum atomic E-state index is 13.0. The van der Waals surface area contributed by atoms with Crippen LogP contribution >= 0.6 is 24.0 Å². The topological polar surface area (TPSA) is 64.5 Å². The second kappa shape index (κ2) is 7.57. The smallest absolute Gasteiger partial charge is 0.270 e. The van der Waals surface area contributed by atoms with Gasteiger partial charge in [0.25, 0.3) is 5.91 Å². The third kappa shape index (κ3) is 3.32. The van der Waals surface area contributed by atoms with Crippen molar-refractivity contribution in [3.05, 3.63) is 59.3 Å². The maximum Gasteiger partial charge on any atom is 0.270 e. The van der Waals surface area contributed by atoms with E-state index in [4.69, 9.17) is 21.7 Å². The highest BCUT2D eigenvalue weighted by Gasteiger charge is 2.35. The summed E-state index contributed by atoms with van der Waals surface area (Å²) in [5.74, 6) is 0.953.